The third-order valence-electron chi connectivity index (χ3n) is 4.58. The predicted molar refractivity (Wildman–Crippen MR) is 84.4 cm³/mol. The first-order valence-corrected chi connectivity index (χ1v) is 8.18. The lowest BCUT2D eigenvalue weighted by molar-refractivity contribution is -0.286. The van der Waals surface area contributed by atoms with E-state index in [4.69, 9.17) is 0 Å². The van der Waals surface area contributed by atoms with Crippen molar-refractivity contribution in [3.05, 3.63) is 41.2 Å². The Labute approximate surface area is 143 Å². The molecule has 1 aromatic carbocycles. The van der Waals surface area contributed by atoms with Gasteiger partial charge in [0.25, 0.3) is 0 Å². The number of fused-ring (bicyclic) bond motifs is 1. The summed E-state index contributed by atoms with van der Waals surface area (Å²) in [5.74, 6) is 0.189. The zero-order valence-corrected chi connectivity index (χ0v) is 13.7. The molecule has 2 atom stereocenters. The number of halogens is 2. The topological polar surface area (TPSA) is 70.6 Å². The Morgan fingerprint density at radius 1 is 1.28 bits per heavy atom. The smallest absolute Gasteiger partial charge is 0.395 e. The number of H-pyrrole nitrogens is 1. The molecule has 25 heavy (non-hydrogen) atoms. The van der Waals surface area contributed by atoms with Gasteiger partial charge in [0, 0.05) is 31.2 Å². The van der Waals surface area contributed by atoms with Gasteiger partial charge in [-0.05, 0) is 37.1 Å². The van der Waals surface area contributed by atoms with Crippen molar-refractivity contribution in [1.82, 2.24) is 15.1 Å². The Hall–Kier alpha value is -2.19. The second-order valence-electron chi connectivity index (χ2n) is 6.72. The van der Waals surface area contributed by atoms with E-state index in [1.807, 2.05) is 13.0 Å². The molecular weight excluding hydrogens is 332 g/mol. The van der Waals surface area contributed by atoms with Gasteiger partial charge in [-0.3, -0.25) is 10.00 Å². The van der Waals surface area contributed by atoms with Crippen LogP contribution in [0.3, 0.4) is 0 Å². The summed E-state index contributed by atoms with van der Waals surface area (Å²) >= 11 is 0. The van der Waals surface area contributed by atoms with Crippen LogP contribution in [-0.4, -0.2) is 45.7 Å². The highest BCUT2D eigenvalue weighted by atomic mass is 19.3. The molecule has 8 heteroatoms. The molecule has 3 heterocycles. The monoisotopic (exact) mass is 351 g/mol. The maximum absolute atomic E-state index is 13.1. The van der Waals surface area contributed by atoms with Crippen molar-refractivity contribution >= 4 is 0 Å². The van der Waals surface area contributed by atoms with Gasteiger partial charge in [0.2, 0.25) is 0 Å². The van der Waals surface area contributed by atoms with Gasteiger partial charge in [0.1, 0.15) is 0 Å². The molecule has 1 fully saturated rings. The fourth-order valence-corrected chi connectivity index (χ4v) is 3.47. The van der Waals surface area contributed by atoms with E-state index in [0.29, 0.717) is 19.5 Å². The number of aromatic nitrogens is 2. The Morgan fingerprint density at radius 2 is 2.08 bits per heavy atom. The molecule has 0 unspecified atom stereocenters. The number of aryl methyl sites for hydroxylation is 1. The van der Waals surface area contributed by atoms with Gasteiger partial charge in [0.15, 0.2) is 11.5 Å². The molecule has 4 rings (SSSR count). The predicted octanol–water partition coefficient (Wildman–Crippen LogP) is 2.08. The quantitative estimate of drug-likeness (QED) is 0.883. The number of aromatic amines is 1. The van der Waals surface area contributed by atoms with Crippen LogP contribution in [0, 0.1) is 12.8 Å². The number of rotatable bonds is 4. The van der Waals surface area contributed by atoms with Crippen LogP contribution in [0.25, 0.3) is 0 Å². The highest BCUT2D eigenvalue weighted by Crippen LogP contribution is 2.41. The maximum atomic E-state index is 13.1. The molecule has 0 aliphatic carbocycles. The third-order valence-corrected chi connectivity index (χ3v) is 4.58. The average molecular weight is 351 g/mol. The van der Waals surface area contributed by atoms with Crippen molar-refractivity contribution in [2.24, 2.45) is 5.92 Å². The van der Waals surface area contributed by atoms with E-state index in [9.17, 15) is 13.9 Å². The molecule has 6 nitrogen and oxygen atoms in total. The fourth-order valence-electron chi connectivity index (χ4n) is 3.47. The molecule has 0 saturated carbocycles. The minimum Gasteiger partial charge on any atom is -0.395 e. The summed E-state index contributed by atoms with van der Waals surface area (Å²) in [6.45, 7) is 3.75. The second-order valence-corrected chi connectivity index (χ2v) is 6.72. The lowest BCUT2D eigenvalue weighted by Crippen LogP contribution is -2.26. The van der Waals surface area contributed by atoms with Crippen molar-refractivity contribution in [1.29, 1.82) is 0 Å². The molecular formula is C17H19F2N3O3. The first-order valence-electron chi connectivity index (χ1n) is 8.18. The van der Waals surface area contributed by atoms with Crippen LogP contribution in [0.2, 0.25) is 0 Å². The third kappa shape index (κ3) is 3.45. The largest absolute Gasteiger partial charge is 0.586 e. The highest BCUT2D eigenvalue weighted by Gasteiger charge is 2.43. The Balaban J connectivity index is 1.39. The number of nitrogens with one attached hydrogen (secondary N) is 1. The van der Waals surface area contributed by atoms with Crippen LogP contribution >= 0.6 is 0 Å². The van der Waals surface area contributed by atoms with E-state index in [-0.39, 0.29) is 17.4 Å². The number of nitrogens with zero attached hydrogens (tertiary/aromatic N) is 2. The van der Waals surface area contributed by atoms with Crippen LogP contribution in [0.5, 0.6) is 11.5 Å². The van der Waals surface area contributed by atoms with Crippen LogP contribution in [0.4, 0.5) is 8.78 Å². The molecule has 2 aliphatic rings. The first-order chi connectivity index (χ1) is 11.9. The van der Waals surface area contributed by atoms with Crippen molar-refractivity contribution in [2.75, 3.05) is 13.1 Å². The molecule has 0 amide bonds. The fraction of sp³-hybridized carbons (Fsp3) is 0.471. The standard InChI is InChI=1S/C17H19F2N3O3/c1-10-4-13(21-20-10)6-12-8-22(9-14(12)23)7-11-2-3-15-16(5-11)25-17(18,19)24-15/h2-5,12,14,23H,6-9H2,1H3,(H,20,21)/t12-,14-/m1/s1. The summed E-state index contributed by atoms with van der Waals surface area (Å²) in [7, 11) is 0. The number of hydrogen-bond acceptors (Lipinski definition) is 5. The van der Waals surface area contributed by atoms with Crippen LogP contribution < -0.4 is 9.47 Å². The zero-order valence-electron chi connectivity index (χ0n) is 13.7. The number of benzene rings is 1. The molecule has 0 bridgehead atoms. The Kier molecular flexibility index (Phi) is 3.88. The molecule has 2 aliphatic heterocycles. The summed E-state index contributed by atoms with van der Waals surface area (Å²) in [5, 5.41) is 17.4. The van der Waals surface area contributed by atoms with Gasteiger partial charge >= 0.3 is 6.29 Å². The summed E-state index contributed by atoms with van der Waals surface area (Å²) in [4.78, 5) is 2.10. The number of alkyl halides is 2. The van der Waals surface area contributed by atoms with Gasteiger partial charge in [-0.15, -0.1) is 8.78 Å². The molecule has 1 saturated heterocycles. The lowest BCUT2D eigenvalue weighted by atomic mass is 10.0. The zero-order chi connectivity index (χ0) is 17.6. The van der Waals surface area contributed by atoms with Gasteiger partial charge in [0.05, 0.1) is 11.8 Å². The highest BCUT2D eigenvalue weighted by molar-refractivity contribution is 5.45. The van der Waals surface area contributed by atoms with Crippen LogP contribution in [0.15, 0.2) is 24.3 Å². The van der Waals surface area contributed by atoms with E-state index in [1.54, 1.807) is 12.1 Å². The number of β-amino-alcohol motifs (C(OH)–C–C–N with tert-alkyl or cyclic N) is 1. The summed E-state index contributed by atoms with van der Waals surface area (Å²) in [6, 6.07) is 6.77. The van der Waals surface area contributed by atoms with Gasteiger partial charge < -0.3 is 14.6 Å². The summed E-state index contributed by atoms with van der Waals surface area (Å²) < 4.78 is 35.1. The first kappa shape index (κ1) is 16.3. The Bertz CT molecular complexity index is 780. The SMILES string of the molecule is Cc1cc(C[C@@H]2CN(Cc3ccc4c(c3)OC(F)(F)O4)C[C@H]2O)n[nH]1. The van der Waals surface area contributed by atoms with E-state index in [1.165, 1.54) is 6.07 Å². The van der Waals surface area contributed by atoms with Gasteiger partial charge in [-0.25, -0.2) is 0 Å². The van der Waals surface area contributed by atoms with Gasteiger partial charge in [-0.1, -0.05) is 6.07 Å². The van der Waals surface area contributed by atoms with E-state index < -0.39 is 12.4 Å². The van der Waals surface area contributed by atoms with Gasteiger partial charge in [-0.2, -0.15) is 5.10 Å². The lowest BCUT2D eigenvalue weighted by Gasteiger charge is -2.15. The number of aliphatic hydroxyl groups is 1. The summed E-state index contributed by atoms with van der Waals surface area (Å²) in [6.07, 6.45) is -3.33. The Morgan fingerprint density at radius 3 is 2.84 bits per heavy atom. The maximum Gasteiger partial charge on any atom is 0.586 e. The molecule has 2 aromatic rings. The normalized spacial score (nSPS) is 24.8. The van der Waals surface area contributed by atoms with E-state index in [2.05, 4.69) is 24.6 Å². The molecule has 0 spiro atoms. The minimum atomic E-state index is -3.60. The van der Waals surface area contributed by atoms with E-state index >= 15 is 0 Å². The number of hydrogen-bond donors (Lipinski definition) is 2. The molecule has 134 valence electrons. The molecule has 0 radical (unpaired) electrons. The van der Waals surface area contributed by atoms with Crippen molar-refractivity contribution < 1.29 is 23.4 Å². The van der Waals surface area contributed by atoms with Crippen LogP contribution in [-0.2, 0) is 13.0 Å². The van der Waals surface area contributed by atoms with Crippen molar-refractivity contribution in [2.45, 2.75) is 32.3 Å². The van der Waals surface area contributed by atoms with Crippen LogP contribution in [0.1, 0.15) is 17.0 Å². The molecule has 2 N–H and O–H groups in total. The number of aliphatic hydroxyl groups excluding tert-OH is 1. The minimum absolute atomic E-state index is 0.0435. The van der Waals surface area contributed by atoms with E-state index in [0.717, 1.165) is 23.5 Å². The number of ether oxygens (including phenoxy) is 2. The molecule has 1 aromatic heterocycles. The summed E-state index contributed by atoms with van der Waals surface area (Å²) in [5.41, 5.74) is 2.77. The number of likely N-dealkylation sites (tertiary alicyclic amines) is 1. The van der Waals surface area contributed by atoms with Crippen molar-refractivity contribution in [3.63, 3.8) is 0 Å². The second kappa shape index (κ2) is 5.96. The average Bonchev–Trinajstić information content (AvgIpc) is 3.16. The van der Waals surface area contributed by atoms with Crippen molar-refractivity contribution in [3.8, 4) is 11.5 Å².